The highest BCUT2D eigenvalue weighted by molar-refractivity contribution is 7.19. The van der Waals surface area contributed by atoms with Crippen LogP contribution in [0.15, 0.2) is 6.07 Å². The highest BCUT2D eigenvalue weighted by Crippen LogP contribution is 2.38. The molecule has 1 N–H and O–H groups in total. The van der Waals surface area contributed by atoms with Crippen molar-refractivity contribution in [1.82, 2.24) is 9.97 Å². The third-order valence-corrected chi connectivity index (χ3v) is 3.89. The molecule has 2 aromatic heterocycles. The highest BCUT2D eigenvalue weighted by Gasteiger charge is 2.36. The molecule has 0 aliphatic heterocycles. The van der Waals surface area contributed by atoms with Crippen molar-refractivity contribution in [2.75, 3.05) is 0 Å². The lowest BCUT2D eigenvalue weighted by Crippen LogP contribution is -2.10. The van der Waals surface area contributed by atoms with E-state index in [1.165, 1.54) is 11.3 Å². The van der Waals surface area contributed by atoms with Crippen LogP contribution in [0, 0.1) is 0 Å². The molecule has 0 aliphatic carbocycles. The number of aromatic hydroxyl groups is 1. The van der Waals surface area contributed by atoms with Crippen molar-refractivity contribution in [3.05, 3.63) is 16.8 Å². The molecule has 7 heteroatoms. The SMILES string of the molecule is CC(C)(C)c1cc2nc(C(F)(F)F)nc(O)c2s1. The zero-order valence-corrected chi connectivity index (χ0v) is 10.8. The number of hydrogen-bond donors (Lipinski definition) is 1. The molecule has 2 heterocycles. The van der Waals surface area contributed by atoms with E-state index in [9.17, 15) is 18.3 Å². The van der Waals surface area contributed by atoms with Crippen LogP contribution in [0.5, 0.6) is 5.88 Å². The summed E-state index contributed by atoms with van der Waals surface area (Å²) < 4.78 is 37.8. The first-order valence-electron chi connectivity index (χ1n) is 5.17. The summed E-state index contributed by atoms with van der Waals surface area (Å²) in [6, 6.07) is 1.57. The summed E-state index contributed by atoms with van der Waals surface area (Å²) in [6.45, 7) is 5.81. The minimum Gasteiger partial charge on any atom is -0.492 e. The van der Waals surface area contributed by atoms with Crippen molar-refractivity contribution < 1.29 is 18.3 Å². The molecule has 98 valence electrons. The third-order valence-electron chi connectivity index (χ3n) is 2.35. The van der Waals surface area contributed by atoms with E-state index in [2.05, 4.69) is 9.97 Å². The molecule has 2 rings (SSSR count). The number of fused-ring (bicyclic) bond motifs is 1. The second kappa shape index (κ2) is 3.81. The molecule has 3 nitrogen and oxygen atoms in total. The maximum absolute atomic E-state index is 12.5. The molecule has 0 amide bonds. The van der Waals surface area contributed by atoms with Crippen LogP contribution in [0.3, 0.4) is 0 Å². The van der Waals surface area contributed by atoms with Crippen LogP contribution < -0.4 is 0 Å². The lowest BCUT2D eigenvalue weighted by atomic mass is 9.95. The summed E-state index contributed by atoms with van der Waals surface area (Å²) in [5.74, 6) is -1.93. The standard InChI is InChI=1S/C11H11F3N2OS/c1-10(2,3)6-4-5-7(18-6)8(17)16-9(15-5)11(12,13)14/h4H,1-3H3,(H,15,16,17). The topological polar surface area (TPSA) is 46.0 Å². The average molecular weight is 276 g/mol. The van der Waals surface area contributed by atoms with Crippen molar-refractivity contribution >= 4 is 21.6 Å². The fourth-order valence-electron chi connectivity index (χ4n) is 1.41. The van der Waals surface area contributed by atoms with E-state index in [1.54, 1.807) is 6.07 Å². The van der Waals surface area contributed by atoms with Crippen LogP contribution in [-0.4, -0.2) is 15.1 Å². The monoisotopic (exact) mass is 276 g/mol. The van der Waals surface area contributed by atoms with Gasteiger partial charge in [-0.05, 0) is 11.5 Å². The molecule has 0 fully saturated rings. The lowest BCUT2D eigenvalue weighted by Gasteiger charge is -2.14. The molecule has 0 radical (unpaired) electrons. The molecule has 0 spiro atoms. The van der Waals surface area contributed by atoms with Gasteiger partial charge in [0.15, 0.2) is 0 Å². The lowest BCUT2D eigenvalue weighted by molar-refractivity contribution is -0.145. The number of alkyl halides is 3. The van der Waals surface area contributed by atoms with Gasteiger partial charge in [0.25, 0.3) is 0 Å². The Morgan fingerprint density at radius 1 is 1.17 bits per heavy atom. The smallest absolute Gasteiger partial charge is 0.451 e. The van der Waals surface area contributed by atoms with E-state index < -0.39 is 17.9 Å². The van der Waals surface area contributed by atoms with Crippen LogP contribution in [0.25, 0.3) is 10.2 Å². The van der Waals surface area contributed by atoms with Gasteiger partial charge in [0, 0.05) is 4.88 Å². The van der Waals surface area contributed by atoms with Gasteiger partial charge in [-0.25, -0.2) is 4.98 Å². The van der Waals surface area contributed by atoms with E-state index in [0.29, 0.717) is 0 Å². The summed E-state index contributed by atoms with van der Waals surface area (Å²) in [4.78, 5) is 7.40. The van der Waals surface area contributed by atoms with E-state index in [0.717, 1.165) is 4.88 Å². The van der Waals surface area contributed by atoms with E-state index >= 15 is 0 Å². The Bertz CT molecular complexity index is 599. The Hall–Kier alpha value is -1.37. The van der Waals surface area contributed by atoms with Crippen molar-refractivity contribution in [3.8, 4) is 5.88 Å². The number of aromatic nitrogens is 2. The highest BCUT2D eigenvalue weighted by atomic mass is 32.1. The summed E-state index contributed by atoms with van der Waals surface area (Å²) in [6.07, 6.45) is -4.66. The fourth-order valence-corrected chi connectivity index (χ4v) is 2.45. The second-order valence-electron chi connectivity index (χ2n) is 4.94. The molecular weight excluding hydrogens is 265 g/mol. The number of thiophene rings is 1. The Morgan fingerprint density at radius 2 is 1.78 bits per heavy atom. The number of rotatable bonds is 0. The predicted octanol–water partition coefficient (Wildman–Crippen LogP) is 3.71. The molecule has 0 unspecified atom stereocenters. The number of halogens is 3. The van der Waals surface area contributed by atoms with Gasteiger partial charge < -0.3 is 5.11 Å². The minimum absolute atomic E-state index is 0.129. The van der Waals surface area contributed by atoms with Gasteiger partial charge in [-0.1, -0.05) is 20.8 Å². The molecular formula is C11H11F3N2OS. The van der Waals surface area contributed by atoms with Crippen LogP contribution in [0.1, 0.15) is 31.5 Å². The molecule has 0 aliphatic rings. The Labute approximate surface area is 105 Å². The molecule has 0 aromatic carbocycles. The largest absolute Gasteiger partial charge is 0.492 e. The van der Waals surface area contributed by atoms with E-state index in [4.69, 9.17) is 0 Å². The quantitative estimate of drug-likeness (QED) is 0.797. The van der Waals surface area contributed by atoms with Crippen molar-refractivity contribution in [1.29, 1.82) is 0 Å². The van der Waals surface area contributed by atoms with E-state index in [1.807, 2.05) is 20.8 Å². The van der Waals surface area contributed by atoms with Crippen molar-refractivity contribution in [3.63, 3.8) is 0 Å². The summed E-state index contributed by atoms with van der Waals surface area (Å²) in [7, 11) is 0. The Kier molecular flexibility index (Phi) is 2.77. The summed E-state index contributed by atoms with van der Waals surface area (Å²) >= 11 is 1.21. The molecule has 0 saturated heterocycles. The molecule has 0 bridgehead atoms. The molecule has 18 heavy (non-hydrogen) atoms. The predicted molar refractivity (Wildman–Crippen MR) is 62.8 cm³/mol. The normalized spacial score (nSPS) is 13.2. The first-order valence-corrected chi connectivity index (χ1v) is 5.99. The zero-order valence-electron chi connectivity index (χ0n) is 9.96. The Balaban J connectivity index is 2.67. The minimum atomic E-state index is -4.66. The summed E-state index contributed by atoms with van der Waals surface area (Å²) in [5, 5.41) is 9.55. The zero-order chi connectivity index (χ0) is 13.7. The van der Waals surface area contributed by atoms with Gasteiger partial charge >= 0.3 is 6.18 Å². The van der Waals surface area contributed by atoms with Gasteiger partial charge in [0.05, 0.1) is 5.52 Å². The van der Waals surface area contributed by atoms with Crippen molar-refractivity contribution in [2.45, 2.75) is 32.4 Å². The second-order valence-corrected chi connectivity index (χ2v) is 6.00. The molecule has 2 aromatic rings. The average Bonchev–Trinajstić information content (AvgIpc) is 2.59. The van der Waals surface area contributed by atoms with Gasteiger partial charge in [-0.2, -0.15) is 18.2 Å². The van der Waals surface area contributed by atoms with Crippen LogP contribution >= 0.6 is 11.3 Å². The maximum atomic E-state index is 12.5. The van der Waals surface area contributed by atoms with Gasteiger partial charge in [0.2, 0.25) is 11.7 Å². The van der Waals surface area contributed by atoms with Gasteiger partial charge in [0.1, 0.15) is 4.70 Å². The molecule has 0 atom stereocenters. The first-order chi connectivity index (χ1) is 8.09. The maximum Gasteiger partial charge on any atom is 0.451 e. The number of nitrogens with zero attached hydrogens (tertiary/aromatic N) is 2. The van der Waals surface area contributed by atoms with Crippen LogP contribution in [0.2, 0.25) is 0 Å². The molecule has 0 saturated carbocycles. The summed E-state index contributed by atoms with van der Waals surface area (Å²) in [5.41, 5.74) is -0.0827. The fraction of sp³-hybridized carbons (Fsp3) is 0.455. The van der Waals surface area contributed by atoms with E-state index in [-0.39, 0.29) is 15.6 Å². The first kappa shape index (κ1) is 13.1. The van der Waals surface area contributed by atoms with Gasteiger partial charge in [-0.15, -0.1) is 11.3 Å². The Morgan fingerprint density at radius 3 is 2.28 bits per heavy atom. The van der Waals surface area contributed by atoms with Crippen LogP contribution in [-0.2, 0) is 11.6 Å². The van der Waals surface area contributed by atoms with Gasteiger partial charge in [-0.3, -0.25) is 0 Å². The third kappa shape index (κ3) is 2.27. The van der Waals surface area contributed by atoms with Crippen molar-refractivity contribution in [2.24, 2.45) is 0 Å². The van der Waals surface area contributed by atoms with Crippen LogP contribution in [0.4, 0.5) is 13.2 Å². The number of hydrogen-bond acceptors (Lipinski definition) is 4.